The molecule has 0 N–H and O–H groups in total. The Balaban J connectivity index is 1.36. The van der Waals surface area contributed by atoms with E-state index in [0.717, 1.165) is 30.6 Å². The highest BCUT2D eigenvalue weighted by atomic mass is 19.1. The summed E-state index contributed by atoms with van der Waals surface area (Å²) in [5.41, 5.74) is 1.99. The summed E-state index contributed by atoms with van der Waals surface area (Å²) in [5.74, 6) is 0.990. The summed E-state index contributed by atoms with van der Waals surface area (Å²) >= 11 is 0. The van der Waals surface area contributed by atoms with Crippen LogP contribution in [0.3, 0.4) is 0 Å². The van der Waals surface area contributed by atoms with E-state index in [4.69, 9.17) is 4.52 Å². The fourth-order valence-corrected chi connectivity index (χ4v) is 3.88. The maximum atomic E-state index is 13.3. The van der Waals surface area contributed by atoms with E-state index in [1.807, 2.05) is 24.4 Å². The van der Waals surface area contributed by atoms with Crippen LogP contribution in [0.5, 0.6) is 0 Å². The van der Waals surface area contributed by atoms with Gasteiger partial charge in [-0.3, -0.25) is 9.88 Å². The van der Waals surface area contributed by atoms with Gasteiger partial charge in [-0.1, -0.05) is 29.8 Å². The topological polar surface area (TPSA) is 55.1 Å². The Kier molecular flexibility index (Phi) is 6.07. The Bertz CT molecular complexity index is 883. The van der Waals surface area contributed by atoms with Gasteiger partial charge in [0.15, 0.2) is 5.82 Å². The van der Waals surface area contributed by atoms with Gasteiger partial charge in [0.25, 0.3) is 0 Å². The predicted molar refractivity (Wildman–Crippen MR) is 104 cm³/mol. The van der Waals surface area contributed by atoms with E-state index in [0.29, 0.717) is 30.7 Å². The molecule has 28 heavy (non-hydrogen) atoms. The Morgan fingerprint density at radius 1 is 1.14 bits per heavy atom. The molecule has 0 radical (unpaired) electrons. The molecule has 3 heterocycles. The van der Waals surface area contributed by atoms with Crippen molar-refractivity contribution in [1.29, 1.82) is 0 Å². The molecule has 0 bridgehead atoms. The number of hydrogen-bond donors (Lipinski definition) is 0. The zero-order valence-electron chi connectivity index (χ0n) is 15.9. The van der Waals surface area contributed by atoms with Crippen molar-refractivity contribution >= 4 is 0 Å². The molecule has 1 saturated heterocycles. The van der Waals surface area contributed by atoms with Crippen molar-refractivity contribution < 1.29 is 8.91 Å². The quantitative estimate of drug-likeness (QED) is 0.615. The molecule has 1 aliphatic heterocycles. The molecule has 4 rings (SSSR count). The molecule has 1 aliphatic rings. The van der Waals surface area contributed by atoms with E-state index >= 15 is 0 Å². The van der Waals surface area contributed by atoms with E-state index in [-0.39, 0.29) is 5.82 Å². The normalized spacial score (nSPS) is 17.7. The molecule has 0 unspecified atom stereocenters. The highest BCUT2D eigenvalue weighted by Gasteiger charge is 2.24. The molecular weight excluding hydrogens is 355 g/mol. The van der Waals surface area contributed by atoms with Crippen molar-refractivity contribution in [3.05, 3.63) is 77.5 Å². The lowest BCUT2D eigenvalue weighted by Gasteiger charge is -2.34. The van der Waals surface area contributed by atoms with Crippen LogP contribution in [0.2, 0.25) is 0 Å². The van der Waals surface area contributed by atoms with Gasteiger partial charge in [0, 0.05) is 24.4 Å². The highest BCUT2D eigenvalue weighted by molar-refractivity contribution is 5.19. The minimum Gasteiger partial charge on any atom is -0.338 e. The van der Waals surface area contributed by atoms with Gasteiger partial charge < -0.3 is 4.52 Å². The van der Waals surface area contributed by atoms with Crippen molar-refractivity contribution in [2.24, 2.45) is 0 Å². The van der Waals surface area contributed by atoms with Crippen LogP contribution in [0.15, 0.2) is 53.2 Å². The number of likely N-dealkylation sites (tertiary alicyclic amines) is 1. The first-order valence-corrected chi connectivity index (χ1v) is 9.96. The first-order chi connectivity index (χ1) is 13.8. The average molecular weight is 380 g/mol. The maximum Gasteiger partial charge on any atom is 0.240 e. The monoisotopic (exact) mass is 380 g/mol. The van der Waals surface area contributed by atoms with Crippen LogP contribution in [0.1, 0.15) is 48.7 Å². The molecule has 0 saturated carbocycles. The number of aromatic nitrogens is 3. The molecule has 3 aromatic rings. The van der Waals surface area contributed by atoms with Gasteiger partial charge in [0.05, 0.1) is 6.54 Å². The van der Waals surface area contributed by atoms with Gasteiger partial charge in [-0.15, -0.1) is 0 Å². The number of piperidine rings is 1. The molecular formula is C22H25FN4O. The molecule has 0 aliphatic carbocycles. The molecule has 6 heteroatoms. The van der Waals surface area contributed by atoms with Crippen LogP contribution >= 0.6 is 0 Å². The molecule has 1 fully saturated rings. The Labute approximate surface area is 164 Å². The Morgan fingerprint density at radius 2 is 2.11 bits per heavy atom. The van der Waals surface area contributed by atoms with E-state index in [9.17, 15) is 4.39 Å². The largest absolute Gasteiger partial charge is 0.338 e. The van der Waals surface area contributed by atoms with Gasteiger partial charge in [-0.25, -0.2) is 4.39 Å². The first-order valence-electron chi connectivity index (χ1n) is 9.96. The fraction of sp³-hybridized carbons (Fsp3) is 0.409. The lowest BCUT2D eigenvalue weighted by Crippen LogP contribution is -2.39. The van der Waals surface area contributed by atoms with E-state index < -0.39 is 0 Å². The van der Waals surface area contributed by atoms with Gasteiger partial charge in [-0.2, -0.15) is 4.98 Å². The minimum absolute atomic E-state index is 0.245. The smallest absolute Gasteiger partial charge is 0.240 e. The fourth-order valence-electron chi connectivity index (χ4n) is 3.88. The van der Waals surface area contributed by atoms with Crippen LogP contribution in [0.4, 0.5) is 4.39 Å². The van der Waals surface area contributed by atoms with Crippen LogP contribution in [0, 0.1) is 5.82 Å². The predicted octanol–water partition coefficient (Wildman–Crippen LogP) is 4.18. The van der Waals surface area contributed by atoms with E-state index in [2.05, 4.69) is 26.1 Å². The van der Waals surface area contributed by atoms with Crippen LogP contribution < -0.4 is 0 Å². The number of hydrogen-bond acceptors (Lipinski definition) is 5. The van der Waals surface area contributed by atoms with Crippen LogP contribution in [-0.2, 0) is 19.4 Å². The van der Waals surface area contributed by atoms with E-state index in [1.165, 1.54) is 31.4 Å². The second-order valence-corrected chi connectivity index (χ2v) is 7.39. The molecule has 5 nitrogen and oxygen atoms in total. The van der Waals surface area contributed by atoms with Gasteiger partial charge in [0.1, 0.15) is 5.82 Å². The molecule has 2 aromatic heterocycles. The third-order valence-corrected chi connectivity index (χ3v) is 5.31. The summed E-state index contributed by atoms with van der Waals surface area (Å²) < 4.78 is 18.8. The Hall–Kier alpha value is -2.60. The number of aryl methyl sites for hydroxylation is 1. The maximum absolute atomic E-state index is 13.3. The average Bonchev–Trinajstić information content (AvgIpc) is 3.15. The van der Waals surface area contributed by atoms with Crippen molar-refractivity contribution in [3.8, 4) is 0 Å². The molecule has 0 spiro atoms. The summed E-state index contributed by atoms with van der Waals surface area (Å²) in [7, 11) is 0. The molecule has 1 aromatic carbocycles. The number of pyridine rings is 1. The van der Waals surface area contributed by atoms with Crippen molar-refractivity contribution in [1.82, 2.24) is 20.0 Å². The number of benzene rings is 1. The third kappa shape index (κ3) is 5.01. The van der Waals surface area contributed by atoms with Gasteiger partial charge >= 0.3 is 0 Å². The summed E-state index contributed by atoms with van der Waals surface area (Å²) in [6, 6.07) is 13.1. The minimum atomic E-state index is -0.245. The van der Waals surface area contributed by atoms with Gasteiger partial charge in [-0.05, 0) is 62.1 Å². The molecule has 146 valence electrons. The van der Waals surface area contributed by atoms with Crippen molar-refractivity contribution in [3.63, 3.8) is 0 Å². The molecule has 1 atom stereocenters. The third-order valence-electron chi connectivity index (χ3n) is 5.31. The van der Waals surface area contributed by atoms with Crippen LogP contribution in [0.25, 0.3) is 0 Å². The summed E-state index contributed by atoms with van der Waals surface area (Å²) in [5, 5.41) is 4.08. The second kappa shape index (κ2) is 9.06. The van der Waals surface area contributed by atoms with Crippen molar-refractivity contribution in [2.45, 2.75) is 51.1 Å². The first kappa shape index (κ1) is 18.7. The lowest BCUT2D eigenvalue weighted by molar-refractivity contribution is 0.117. The van der Waals surface area contributed by atoms with Crippen molar-refractivity contribution in [2.75, 3.05) is 6.54 Å². The number of nitrogens with zero attached hydrogens (tertiary/aromatic N) is 4. The number of halogens is 1. The highest BCUT2D eigenvalue weighted by Crippen LogP contribution is 2.23. The molecule has 0 amide bonds. The van der Waals surface area contributed by atoms with E-state index in [1.54, 1.807) is 6.07 Å². The standard InChI is InChI=1S/C22H25FN4O/c23-18-7-5-6-17(14-18)15-21-25-22(28-26-21)16-27-13-4-2-9-20(27)11-10-19-8-1-3-12-24-19/h1,3,5-8,12,14,20H,2,4,9-11,13,15-16H2/t20-/m1/s1. The summed E-state index contributed by atoms with van der Waals surface area (Å²) in [4.78, 5) is 11.4. The second-order valence-electron chi connectivity index (χ2n) is 7.39. The van der Waals surface area contributed by atoms with Crippen LogP contribution in [-0.4, -0.2) is 32.6 Å². The number of rotatable bonds is 7. The van der Waals surface area contributed by atoms with Gasteiger partial charge in [0.2, 0.25) is 5.89 Å². The summed E-state index contributed by atoms with van der Waals surface area (Å²) in [6.07, 6.45) is 8.05. The zero-order valence-corrected chi connectivity index (χ0v) is 15.9. The Morgan fingerprint density at radius 3 is 2.96 bits per heavy atom. The summed E-state index contributed by atoms with van der Waals surface area (Å²) in [6.45, 7) is 1.72. The SMILES string of the molecule is Fc1cccc(Cc2noc(CN3CCCC[C@@H]3CCc3ccccn3)n2)c1. The zero-order chi connectivity index (χ0) is 19.2. The lowest BCUT2D eigenvalue weighted by atomic mass is 9.97.